The van der Waals surface area contributed by atoms with E-state index in [-0.39, 0.29) is 4.90 Å². The van der Waals surface area contributed by atoms with Crippen LogP contribution in [0.15, 0.2) is 29.2 Å². The van der Waals surface area contributed by atoms with E-state index in [1.165, 1.54) is 33.5 Å². The van der Waals surface area contributed by atoms with Crippen LogP contribution in [0, 0.1) is 6.92 Å². The van der Waals surface area contributed by atoms with Crippen LogP contribution in [0.4, 0.5) is 0 Å². The molecule has 0 aliphatic heterocycles. The van der Waals surface area contributed by atoms with Gasteiger partial charge in [-0.3, -0.25) is 0 Å². The van der Waals surface area contributed by atoms with Crippen LogP contribution in [0.3, 0.4) is 0 Å². The molecule has 1 rings (SSSR count). The number of rotatable bonds is 5. The number of hydrogen-bond donors (Lipinski definition) is 0. The second kappa shape index (κ2) is 5.28. The molecular weight excluding hydrogens is 260 g/mol. The Morgan fingerprint density at radius 2 is 1.35 bits per heavy atom. The van der Waals surface area contributed by atoms with Gasteiger partial charge in [0.05, 0.1) is 4.90 Å². The van der Waals surface area contributed by atoms with Gasteiger partial charge in [-0.1, -0.05) is 17.7 Å². The maximum atomic E-state index is 12.3. The lowest BCUT2D eigenvalue weighted by atomic mass is 10.2. The Morgan fingerprint density at radius 3 is 1.71 bits per heavy atom. The summed E-state index contributed by atoms with van der Waals surface area (Å²) in [5.74, 6) is 0. The van der Waals surface area contributed by atoms with Gasteiger partial charge >= 0.3 is 7.95 Å². The molecule has 0 saturated carbocycles. The molecule has 0 atom stereocenters. The maximum absolute atomic E-state index is 12.3. The van der Waals surface area contributed by atoms with Crippen molar-refractivity contribution in [3.8, 4) is 0 Å². The number of benzene rings is 1. The van der Waals surface area contributed by atoms with Crippen molar-refractivity contribution in [2.24, 2.45) is 0 Å². The highest BCUT2D eigenvalue weighted by Gasteiger charge is 2.55. The first-order valence-electron chi connectivity index (χ1n) is 4.90. The summed E-state index contributed by atoms with van der Waals surface area (Å²) in [5, 5.41) is 0. The zero-order valence-electron chi connectivity index (χ0n) is 10.3. The van der Waals surface area contributed by atoms with Crippen LogP contribution < -0.4 is 0 Å². The van der Waals surface area contributed by atoms with Gasteiger partial charge in [0.25, 0.3) is 0 Å². The van der Waals surface area contributed by atoms with Crippen molar-refractivity contribution >= 4 is 17.2 Å². The van der Waals surface area contributed by atoms with Gasteiger partial charge in [0.1, 0.15) is 0 Å². The van der Waals surface area contributed by atoms with Gasteiger partial charge in [-0.25, -0.2) is 8.42 Å². The molecule has 0 aromatic heterocycles. The summed E-state index contributed by atoms with van der Waals surface area (Å²) in [5.41, 5.74) is 0.975. The Hall–Kier alpha value is -0.733. The van der Waals surface area contributed by atoms with Crippen molar-refractivity contribution < 1.29 is 21.7 Å². The van der Waals surface area contributed by atoms with E-state index in [9.17, 15) is 8.42 Å². The normalized spacial score (nSPS) is 12.7. The van der Waals surface area contributed by atoms with Gasteiger partial charge < -0.3 is 13.3 Å². The summed E-state index contributed by atoms with van der Waals surface area (Å²) >= 11 is 0. The van der Waals surface area contributed by atoms with Crippen molar-refractivity contribution in [1.82, 2.24) is 0 Å². The molecule has 0 bridgehead atoms. The average molecular weight is 276 g/mol. The van der Waals surface area contributed by atoms with Crippen LogP contribution >= 0.6 is 0 Å². The fourth-order valence-corrected chi connectivity index (χ4v) is 6.63. The summed E-state index contributed by atoms with van der Waals surface area (Å²) in [6, 6.07) is 6.47. The summed E-state index contributed by atoms with van der Waals surface area (Å²) in [7, 11) is -3.68. The molecule has 1 aromatic rings. The van der Waals surface area contributed by atoms with E-state index in [0.717, 1.165) is 5.56 Å². The second-order valence-electron chi connectivity index (χ2n) is 3.43. The minimum Gasteiger partial charge on any atom is -0.366 e. The molecule has 0 N–H and O–H groups in total. The van der Waals surface area contributed by atoms with E-state index in [0.29, 0.717) is 0 Å². The van der Waals surface area contributed by atoms with Crippen molar-refractivity contribution in [1.29, 1.82) is 0 Å². The van der Waals surface area contributed by atoms with Gasteiger partial charge in [0, 0.05) is 21.3 Å². The fourth-order valence-electron chi connectivity index (χ4n) is 1.44. The zero-order chi connectivity index (χ0) is 13.1. The third-order valence-corrected chi connectivity index (χ3v) is 9.64. The predicted molar refractivity (Wildman–Crippen MR) is 65.1 cm³/mol. The summed E-state index contributed by atoms with van der Waals surface area (Å²) in [6.07, 6.45) is 0. The van der Waals surface area contributed by atoms with E-state index < -0.39 is 17.2 Å². The monoisotopic (exact) mass is 276 g/mol. The molecule has 0 amide bonds. The highest BCUT2D eigenvalue weighted by molar-refractivity contribution is 8.19. The molecule has 0 unspecified atom stereocenters. The van der Waals surface area contributed by atoms with E-state index >= 15 is 0 Å². The van der Waals surface area contributed by atoms with Crippen LogP contribution in [-0.2, 0) is 22.6 Å². The van der Waals surface area contributed by atoms with Crippen molar-refractivity contribution in [3.63, 3.8) is 0 Å². The minimum absolute atomic E-state index is 0.139. The molecule has 5 nitrogen and oxygen atoms in total. The quantitative estimate of drug-likeness (QED) is 0.755. The van der Waals surface area contributed by atoms with E-state index in [4.69, 9.17) is 13.3 Å². The molecular formula is C10H16O5SSi. The van der Waals surface area contributed by atoms with Gasteiger partial charge in [0.15, 0.2) is 0 Å². The number of hydrogen-bond acceptors (Lipinski definition) is 5. The Kier molecular flexibility index (Phi) is 4.45. The molecule has 0 heterocycles. The topological polar surface area (TPSA) is 61.8 Å². The summed E-state index contributed by atoms with van der Waals surface area (Å²) < 4.78 is 39.7. The standard InChI is InChI=1S/C10H16O5SSi/c1-9-5-7-10(8-6-9)16(11,12)17(13-2,14-3)15-4/h5-8H,1-4H3. The summed E-state index contributed by atoms with van der Waals surface area (Å²) in [6.45, 7) is 1.88. The van der Waals surface area contributed by atoms with E-state index in [1.54, 1.807) is 12.1 Å². The smallest absolute Gasteiger partial charge is 0.366 e. The molecule has 0 aliphatic carbocycles. The molecule has 0 aliphatic rings. The molecule has 0 fully saturated rings. The van der Waals surface area contributed by atoms with Crippen LogP contribution in [0.1, 0.15) is 5.56 Å². The second-order valence-corrected chi connectivity index (χ2v) is 10.2. The fraction of sp³-hybridized carbons (Fsp3) is 0.400. The van der Waals surface area contributed by atoms with E-state index in [1.807, 2.05) is 6.92 Å². The van der Waals surface area contributed by atoms with Gasteiger partial charge in [-0.2, -0.15) is 0 Å². The van der Waals surface area contributed by atoms with Crippen molar-refractivity contribution in [2.45, 2.75) is 11.8 Å². The third-order valence-electron chi connectivity index (χ3n) is 2.41. The van der Waals surface area contributed by atoms with Crippen molar-refractivity contribution in [3.05, 3.63) is 29.8 Å². The summed E-state index contributed by atoms with van der Waals surface area (Å²) in [4.78, 5) is 0.139. The lowest BCUT2D eigenvalue weighted by Gasteiger charge is -2.23. The Bertz CT molecular complexity index is 456. The molecule has 0 spiro atoms. The molecule has 96 valence electrons. The highest BCUT2D eigenvalue weighted by Crippen LogP contribution is 2.24. The van der Waals surface area contributed by atoms with Gasteiger partial charge in [-0.05, 0) is 19.1 Å². The molecule has 0 saturated heterocycles. The SMILES string of the molecule is CO[Si](OC)(OC)S(=O)(=O)c1ccc(C)cc1. The van der Waals surface area contributed by atoms with Gasteiger partial charge in [0.2, 0.25) is 9.29 Å². The molecule has 0 radical (unpaired) electrons. The maximum Gasteiger partial charge on any atom is 0.639 e. The highest BCUT2D eigenvalue weighted by atomic mass is 32.4. The van der Waals surface area contributed by atoms with E-state index in [2.05, 4.69) is 0 Å². The Morgan fingerprint density at radius 1 is 0.941 bits per heavy atom. The third kappa shape index (κ3) is 2.43. The minimum atomic E-state index is -3.76. The first kappa shape index (κ1) is 14.3. The molecule has 1 aromatic carbocycles. The largest absolute Gasteiger partial charge is 0.639 e. The Labute approximate surface area is 102 Å². The Balaban J connectivity index is 3.31. The molecule has 7 heteroatoms. The van der Waals surface area contributed by atoms with Gasteiger partial charge in [-0.15, -0.1) is 0 Å². The first-order valence-corrected chi connectivity index (χ1v) is 8.83. The van der Waals surface area contributed by atoms with Crippen LogP contribution in [0.2, 0.25) is 0 Å². The van der Waals surface area contributed by atoms with Crippen LogP contribution in [-0.4, -0.2) is 37.7 Å². The lowest BCUT2D eigenvalue weighted by Crippen LogP contribution is -2.51. The predicted octanol–water partition coefficient (Wildman–Crippen LogP) is 1.14. The lowest BCUT2D eigenvalue weighted by molar-refractivity contribution is 0.148. The molecule has 17 heavy (non-hydrogen) atoms. The zero-order valence-corrected chi connectivity index (χ0v) is 12.1. The first-order chi connectivity index (χ1) is 7.93. The van der Waals surface area contributed by atoms with Crippen LogP contribution in [0.5, 0.6) is 0 Å². The van der Waals surface area contributed by atoms with Crippen molar-refractivity contribution in [2.75, 3.05) is 21.3 Å². The van der Waals surface area contributed by atoms with Crippen LogP contribution in [0.25, 0.3) is 0 Å². The number of aryl methyl sites for hydroxylation is 1. The average Bonchev–Trinajstić information content (AvgIpc) is 2.32.